The van der Waals surface area contributed by atoms with Gasteiger partial charge in [-0.2, -0.15) is 51.6 Å². The average molecular weight is 332 g/mol. The van der Waals surface area contributed by atoms with E-state index in [1.165, 1.54) is 0 Å². The molecule has 0 rings (SSSR count). The lowest BCUT2D eigenvalue weighted by Gasteiger charge is -2.32. The summed E-state index contributed by atoms with van der Waals surface area (Å²) in [5, 5.41) is -6.85. The second kappa shape index (κ2) is 4.33. The van der Waals surface area contributed by atoms with Gasteiger partial charge in [-0.3, -0.25) is 0 Å². The van der Waals surface area contributed by atoms with Gasteiger partial charge in [0.05, 0.1) is 0 Å². The lowest BCUT2D eigenvalue weighted by atomic mass is 10.1. The highest BCUT2D eigenvalue weighted by Gasteiger charge is 2.85. The van der Waals surface area contributed by atoms with Crippen molar-refractivity contribution in [3.63, 3.8) is 0 Å². The Bertz CT molecular complexity index is 410. The first-order valence-corrected chi connectivity index (χ1v) is 5.11. The predicted octanol–water partition coefficient (Wildman–Crippen LogP) is 2.60. The molecule has 0 atom stereocenters. The summed E-state index contributed by atoms with van der Waals surface area (Å²) in [4.78, 5) is 0. The SMILES string of the molecule is O=S(=O)(OS)C(F)(F)C(F)(F)C(F)(F)C(F)(F)F. The number of rotatable bonds is 4. The molecule has 110 valence electrons. The Balaban J connectivity index is 5.96. The molecule has 18 heavy (non-hydrogen) atoms. The molecule has 0 heterocycles. The van der Waals surface area contributed by atoms with Crippen LogP contribution in [0.3, 0.4) is 0 Å². The van der Waals surface area contributed by atoms with E-state index in [0.717, 1.165) is 0 Å². The standard InChI is InChI=1S/C4HF9O3S2/c5-1(6,3(9,10)11)2(7,8)4(12,13)18(14,15)16-17/h17H. The minimum atomic E-state index is -7.30. The van der Waals surface area contributed by atoms with Crippen LogP contribution in [-0.2, 0) is 13.7 Å². The summed E-state index contributed by atoms with van der Waals surface area (Å²) in [5.41, 5.74) is 0. The molecule has 0 saturated heterocycles. The molecule has 0 amide bonds. The Hall–Kier alpha value is -0.370. The molecule has 14 heteroatoms. The Kier molecular flexibility index (Phi) is 4.24. The summed E-state index contributed by atoms with van der Waals surface area (Å²) < 4.78 is 132. The topological polar surface area (TPSA) is 43.4 Å². The van der Waals surface area contributed by atoms with Crippen LogP contribution in [0.25, 0.3) is 0 Å². The fourth-order valence-corrected chi connectivity index (χ4v) is 1.38. The van der Waals surface area contributed by atoms with Gasteiger partial charge in [0.15, 0.2) is 0 Å². The van der Waals surface area contributed by atoms with E-state index in [1.807, 2.05) is 0 Å². The maximum Gasteiger partial charge on any atom is 0.460 e. The Morgan fingerprint density at radius 2 is 1.11 bits per heavy atom. The molecule has 0 aliphatic carbocycles. The number of alkyl halides is 9. The second-order valence-electron chi connectivity index (χ2n) is 2.69. The van der Waals surface area contributed by atoms with E-state index < -0.39 is 33.4 Å². The van der Waals surface area contributed by atoms with Gasteiger partial charge < -0.3 is 0 Å². The van der Waals surface area contributed by atoms with E-state index in [2.05, 4.69) is 16.5 Å². The molecule has 0 aliphatic heterocycles. The van der Waals surface area contributed by atoms with Gasteiger partial charge in [0.1, 0.15) is 0 Å². The molecule has 0 unspecified atom stereocenters. The van der Waals surface area contributed by atoms with Crippen LogP contribution in [0.5, 0.6) is 0 Å². The van der Waals surface area contributed by atoms with Crippen molar-refractivity contribution in [3.05, 3.63) is 0 Å². The highest BCUT2D eigenvalue weighted by molar-refractivity contribution is 7.96. The van der Waals surface area contributed by atoms with Crippen molar-refractivity contribution in [3.8, 4) is 0 Å². The van der Waals surface area contributed by atoms with Crippen LogP contribution in [0.4, 0.5) is 39.5 Å². The number of hydrogen-bond donors (Lipinski definition) is 1. The molecule has 0 aromatic carbocycles. The molecule has 0 bridgehead atoms. The smallest absolute Gasteiger partial charge is 0.196 e. The van der Waals surface area contributed by atoms with Gasteiger partial charge >= 0.3 is 33.4 Å². The summed E-state index contributed by atoms with van der Waals surface area (Å²) in [7, 11) is -6.80. The maximum absolute atomic E-state index is 12.5. The third-order valence-electron chi connectivity index (χ3n) is 1.53. The molecule has 0 fully saturated rings. The molecule has 0 aromatic rings. The number of thiol groups is 1. The van der Waals surface area contributed by atoms with Gasteiger partial charge in [0.25, 0.3) is 0 Å². The van der Waals surface area contributed by atoms with Gasteiger partial charge in [-0.25, -0.2) is 0 Å². The van der Waals surface area contributed by atoms with Crippen molar-refractivity contribution in [1.29, 1.82) is 0 Å². The van der Waals surface area contributed by atoms with E-state index in [-0.39, 0.29) is 0 Å². The van der Waals surface area contributed by atoms with Crippen LogP contribution in [0.1, 0.15) is 0 Å². The summed E-state index contributed by atoms with van der Waals surface area (Å²) >= 11 is 2.17. The molecule has 0 spiro atoms. The highest BCUT2D eigenvalue weighted by Crippen LogP contribution is 2.54. The van der Waals surface area contributed by atoms with E-state index in [0.29, 0.717) is 0 Å². The highest BCUT2D eigenvalue weighted by atomic mass is 32.3. The Morgan fingerprint density at radius 3 is 1.33 bits per heavy atom. The zero-order chi connectivity index (χ0) is 15.2. The fourth-order valence-electron chi connectivity index (χ4n) is 0.565. The fraction of sp³-hybridized carbons (Fsp3) is 1.00. The van der Waals surface area contributed by atoms with Gasteiger partial charge in [0.2, 0.25) is 0 Å². The largest absolute Gasteiger partial charge is 0.460 e. The van der Waals surface area contributed by atoms with Crippen molar-refractivity contribution in [1.82, 2.24) is 0 Å². The molecule has 0 saturated carbocycles. The van der Waals surface area contributed by atoms with E-state index in [4.69, 9.17) is 0 Å². The number of hydrogen-bond acceptors (Lipinski definition) is 4. The van der Waals surface area contributed by atoms with Crippen molar-refractivity contribution in [2.24, 2.45) is 0 Å². The zero-order valence-electron chi connectivity index (χ0n) is 7.48. The lowest BCUT2D eigenvalue weighted by molar-refractivity contribution is -0.382. The first kappa shape index (κ1) is 17.6. The van der Waals surface area contributed by atoms with Gasteiger partial charge in [-0.05, 0) is 12.9 Å². The summed E-state index contributed by atoms with van der Waals surface area (Å²) in [6, 6.07) is 0. The first-order valence-electron chi connectivity index (χ1n) is 3.34. The monoisotopic (exact) mass is 332 g/mol. The molecule has 0 aliphatic rings. The zero-order valence-corrected chi connectivity index (χ0v) is 9.19. The summed E-state index contributed by atoms with van der Waals surface area (Å²) in [6.45, 7) is 0. The molecule has 3 nitrogen and oxygen atoms in total. The summed E-state index contributed by atoms with van der Waals surface area (Å²) in [6.07, 6.45) is -7.11. The van der Waals surface area contributed by atoms with E-state index in [1.54, 1.807) is 0 Å². The van der Waals surface area contributed by atoms with Crippen LogP contribution in [0, 0.1) is 0 Å². The molecular weight excluding hydrogens is 331 g/mol. The Morgan fingerprint density at radius 1 is 0.778 bits per heavy atom. The molecule has 0 N–H and O–H groups in total. The van der Waals surface area contributed by atoms with Crippen LogP contribution in [0.2, 0.25) is 0 Å². The minimum absolute atomic E-state index is 2.17. The van der Waals surface area contributed by atoms with Gasteiger partial charge in [-0.1, -0.05) is 0 Å². The summed E-state index contributed by atoms with van der Waals surface area (Å²) in [5.74, 6) is -14.6. The second-order valence-corrected chi connectivity index (χ2v) is 4.71. The van der Waals surface area contributed by atoms with Crippen molar-refractivity contribution in [2.75, 3.05) is 0 Å². The van der Waals surface area contributed by atoms with E-state index in [9.17, 15) is 47.9 Å². The molecule has 0 radical (unpaired) electrons. The normalized spacial score (nSPS) is 15.9. The lowest BCUT2D eigenvalue weighted by Crippen LogP contribution is -2.63. The molecule has 0 aromatic heterocycles. The maximum atomic E-state index is 12.5. The van der Waals surface area contributed by atoms with Crippen molar-refractivity contribution >= 4 is 23.0 Å². The predicted molar refractivity (Wildman–Crippen MR) is 39.9 cm³/mol. The minimum Gasteiger partial charge on any atom is -0.196 e. The first-order chi connectivity index (χ1) is 7.56. The average Bonchev–Trinajstić information content (AvgIpc) is 2.15. The van der Waals surface area contributed by atoms with Crippen LogP contribution >= 0.6 is 12.9 Å². The van der Waals surface area contributed by atoms with Crippen LogP contribution in [-0.4, -0.2) is 31.7 Å². The Labute approximate surface area is 98.6 Å². The third-order valence-corrected chi connectivity index (χ3v) is 3.20. The van der Waals surface area contributed by atoms with Crippen LogP contribution in [0.15, 0.2) is 0 Å². The van der Waals surface area contributed by atoms with Crippen LogP contribution < -0.4 is 0 Å². The van der Waals surface area contributed by atoms with Gasteiger partial charge in [0, 0.05) is 0 Å². The molecular formula is C4HF9O3S2. The third kappa shape index (κ3) is 2.24. The van der Waals surface area contributed by atoms with Gasteiger partial charge in [-0.15, -0.1) is 0 Å². The van der Waals surface area contributed by atoms with E-state index >= 15 is 0 Å². The van der Waals surface area contributed by atoms with Crippen molar-refractivity contribution in [2.45, 2.75) is 23.3 Å². The quantitative estimate of drug-likeness (QED) is 0.489. The number of halogens is 9. The van der Waals surface area contributed by atoms with Crippen molar-refractivity contribution < 1.29 is 51.6 Å².